The van der Waals surface area contributed by atoms with E-state index in [1.165, 1.54) is 6.08 Å². The van der Waals surface area contributed by atoms with Crippen LogP contribution in [0.1, 0.15) is 39.2 Å². The third-order valence-electron chi connectivity index (χ3n) is 8.17. The first-order valence-corrected chi connectivity index (χ1v) is 14.1. The molecule has 10 heteroatoms. The fraction of sp³-hybridized carbons (Fsp3) is 0.533. The molecule has 2 aliphatic heterocycles. The van der Waals surface area contributed by atoms with Crippen molar-refractivity contribution in [1.29, 1.82) is 0 Å². The number of hydrogen-bond donors (Lipinski definition) is 3. The Balaban J connectivity index is 1.81. The summed E-state index contributed by atoms with van der Waals surface area (Å²) in [4.78, 5) is 28.1. The number of halogens is 3. The summed E-state index contributed by atoms with van der Waals surface area (Å²) in [6, 6.07) is 3.90. The zero-order valence-electron chi connectivity index (χ0n) is 23.5. The van der Waals surface area contributed by atoms with Gasteiger partial charge in [0, 0.05) is 41.9 Å². The number of ether oxygens (including phenoxy) is 2. The summed E-state index contributed by atoms with van der Waals surface area (Å²) in [5.74, 6) is -1.16. The predicted octanol–water partition coefficient (Wildman–Crippen LogP) is 5.05. The fourth-order valence-electron chi connectivity index (χ4n) is 6.44. The van der Waals surface area contributed by atoms with Crippen molar-refractivity contribution in [1.82, 2.24) is 10.6 Å². The van der Waals surface area contributed by atoms with Gasteiger partial charge in [-0.3, -0.25) is 9.59 Å². The van der Waals surface area contributed by atoms with Gasteiger partial charge in [-0.15, -0.1) is 0 Å². The van der Waals surface area contributed by atoms with E-state index < -0.39 is 30.1 Å². The van der Waals surface area contributed by atoms with Crippen LogP contribution in [0.25, 0.3) is 0 Å². The van der Waals surface area contributed by atoms with Gasteiger partial charge in [0.1, 0.15) is 18.2 Å². The lowest BCUT2D eigenvalue weighted by atomic mass is 9.62. The molecule has 4 rings (SSSR count). The van der Waals surface area contributed by atoms with Crippen molar-refractivity contribution in [3.63, 3.8) is 0 Å². The number of methoxy groups -OCH3 is 2. The lowest BCUT2D eigenvalue weighted by molar-refractivity contribution is -0.139. The molecule has 2 fully saturated rings. The van der Waals surface area contributed by atoms with E-state index in [2.05, 4.69) is 43.3 Å². The van der Waals surface area contributed by atoms with Crippen LogP contribution < -0.4 is 16.0 Å². The Bertz CT molecular complexity index is 1230. The molecule has 0 aromatic heterocycles. The zero-order valence-corrected chi connectivity index (χ0v) is 25.0. The summed E-state index contributed by atoms with van der Waals surface area (Å²) in [6.45, 7) is 9.81. The van der Waals surface area contributed by atoms with E-state index in [0.717, 1.165) is 5.56 Å². The normalized spacial score (nSPS) is 31.8. The van der Waals surface area contributed by atoms with Crippen LogP contribution >= 0.6 is 23.2 Å². The lowest BCUT2D eigenvalue weighted by Gasteiger charge is -2.43. The molecule has 2 unspecified atom stereocenters. The Morgan fingerprint density at radius 2 is 2.02 bits per heavy atom. The maximum atomic E-state index is 14.1. The summed E-state index contributed by atoms with van der Waals surface area (Å²) >= 11 is 12.2. The van der Waals surface area contributed by atoms with E-state index in [0.29, 0.717) is 29.1 Å². The Labute approximate surface area is 245 Å². The predicted molar refractivity (Wildman–Crippen MR) is 156 cm³/mol. The maximum absolute atomic E-state index is 14.1. The van der Waals surface area contributed by atoms with Crippen molar-refractivity contribution in [2.24, 2.45) is 11.3 Å². The molecule has 1 saturated carbocycles. The average Bonchev–Trinajstić information content (AvgIpc) is 3.34. The summed E-state index contributed by atoms with van der Waals surface area (Å²) in [6.07, 6.45) is 5.55. The molecule has 3 N–H and O–H groups in total. The number of carbonyl (C=O) groups is 2. The van der Waals surface area contributed by atoms with Gasteiger partial charge in [0.25, 0.3) is 0 Å². The quantitative estimate of drug-likeness (QED) is 0.349. The molecule has 7 atom stereocenters. The highest BCUT2D eigenvalue weighted by molar-refractivity contribution is 6.31. The molecule has 1 aromatic carbocycles. The van der Waals surface area contributed by atoms with E-state index in [1.807, 2.05) is 6.07 Å². The molecule has 1 aliphatic carbocycles. The van der Waals surface area contributed by atoms with Crippen molar-refractivity contribution in [2.45, 2.75) is 69.4 Å². The maximum Gasteiger partial charge on any atom is 0.238 e. The van der Waals surface area contributed by atoms with E-state index in [9.17, 15) is 14.0 Å². The molecule has 0 radical (unpaired) electrons. The Hall–Kier alpha value is -2.23. The van der Waals surface area contributed by atoms with Crippen LogP contribution in [-0.4, -0.2) is 63.0 Å². The van der Waals surface area contributed by atoms with Gasteiger partial charge < -0.3 is 25.4 Å². The minimum atomic E-state index is -1.15. The van der Waals surface area contributed by atoms with Gasteiger partial charge in [-0.1, -0.05) is 68.8 Å². The Morgan fingerprint density at radius 3 is 2.65 bits per heavy atom. The Morgan fingerprint density at radius 1 is 1.30 bits per heavy atom. The van der Waals surface area contributed by atoms with Crippen LogP contribution in [0, 0.1) is 11.3 Å². The molecule has 2 amide bonds. The molecular formula is C30H38Cl2FN3O4. The number of anilines is 1. The second kappa shape index (κ2) is 11.9. The molecule has 3 aliphatic rings. The average molecular weight is 595 g/mol. The van der Waals surface area contributed by atoms with Crippen LogP contribution in [0.3, 0.4) is 0 Å². The van der Waals surface area contributed by atoms with Crippen molar-refractivity contribution in [3.05, 3.63) is 64.2 Å². The fourth-order valence-corrected chi connectivity index (χ4v) is 6.68. The second-order valence-corrected chi connectivity index (χ2v) is 12.9. The number of allylic oxidation sites excluding steroid dienone is 4. The van der Waals surface area contributed by atoms with Crippen molar-refractivity contribution < 1.29 is 23.5 Å². The van der Waals surface area contributed by atoms with Gasteiger partial charge in [0.2, 0.25) is 11.8 Å². The third-order valence-corrected chi connectivity index (χ3v) is 8.63. The van der Waals surface area contributed by atoms with E-state index in [1.54, 1.807) is 38.5 Å². The van der Waals surface area contributed by atoms with E-state index in [4.69, 9.17) is 32.7 Å². The molecule has 40 heavy (non-hydrogen) atoms. The molecule has 7 nitrogen and oxygen atoms in total. The van der Waals surface area contributed by atoms with Gasteiger partial charge in [0.15, 0.2) is 0 Å². The first kappa shape index (κ1) is 30.7. The van der Waals surface area contributed by atoms with Gasteiger partial charge in [-0.25, -0.2) is 4.39 Å². The summed E-state index contributed by atoms with van der Waals surface area (Å²) in [5, 5.41) is 10.2. The number of nitrogens with one attached hydrogen (secondary N) is 3. The van der Waals surface area contributed by atoms with Crippen molar-refractivity contribution in [3.8, 4) is 0 Å². The van der Waals surface area contributed by atoms with Crippen LogP contribution in [-0.2, 0) is 24.5 Å². The van der Waals surface area contributed by atoms with Crippen LogP contribution in [0.2, 0.25) is 5.02 Å². The number of hydrogen-bond acceptors (Lipinski definition) is 5. The van der Waals surface area contributed by atoms with Crippen LogP contribution in [0.4, 0.5) is 10.1 Å². The van der Waals surface area contributed by atoms with E-state index in [-0.39, 0.29) is 40.5 Å². The number of amides is 2. The second-order valence-electron chi connectivity index (χ2n) is 12.0. The first-order valence-electron chi connectivity index (χ1n) is 13.4. The summed E-state index contributed by atoms with van der Waals surface area (Å²) in [7, 11) is 3.21. The van der Waals surface area contributed by atoms with Crippen LogP contribution in [0.5, 0.6) is 0 Å². The highest BCUT2D eigenvalue weighted by Crippen LogP contribution is 2.55. The van der Waals surface area contributed by atoms with Crippen LogP contribution in [0.15, 0.2) is 53.6 Å². The number of rotatable bonds is 9. The molecule has 1 saturated heterocycles. The first-order chi connectivity index (χ1) is 18.9. The van der Waals surface area contributed by atoms with Crippen molar-refractivity contribution >= 4 is 40.7 Å². The lowest BCUT2D eigenvalue weighted by Crippen LogP contribution is -2.63. The number of benzene rings is 1. The highest BCUT2D eigenvalue weighted by atomic mass is 35.5. The Kier molecular flexibility index (Phi) is 9.17. The minimum Gasteiger partial charge on any atom is -0.379 e. The molecule has 1 spiro atoms. The molecule has 1 aromatic rings. The minimum absolute atomic E-state index is 0.0325. The smallest absolute Gasteiger partial charge is 0.238 e. The van der Waals surface area contributed by atoms with E-state index >= 15 is 0 Å². The molecule has 218 valence electrons. The monoisotopic (exact) mass is 593 g/mol. The third kappa shape index (κ3) is 5.61. The van der Waals surface area contributed by atoms with Gasteiger partial charge in [-0.2, -0.15) is 0 Å². The van der Waals surface area contributed by atoms with Crippen molar-refractivity contribution in [2.75, 3.05) is 26.2 Å². The SMILES string of the molecule is C=C(/C=C\C=C(\Cl)CF)[C@H]1[C@H](C(=O)N[C@@H]2CC(OC)C2OC)N[C@H](CC(C)(C)C)[C@]12C(=O)Nc1cc(Cl)ccc12. The molecule has 2 heterocycles. The highest BCUT2D eigenvalue weighted by Gasteiger charge is 2.66. The summed E-state index contributed by atoms with van der Waals surface area (Å²) in [5.41, 5.74) is 0.579. The zero-order chi connectivity index (χ0) is 29.4. The number of fused-ring (bicyclic) bond motifs is 2. The number of carbonyl (C=O) groups excluding carboxylic acids is 2. The standard InChI is InChI=1S/C30H38Cl2FN3O4/c1-16(8-7-9-18(32)15-33)24-25(27(37)34-21-13-22(39-5)26(21)40-6)36-23(14-29(2,3)4)30(24)19-11-10-17(31)12-20(19)35-28(30)38/h7-12,21-26,36H,1,13-15H2,2-6H3,(H,34,37)(H,35,38)/b8-7-,18-9+/t21-,22?,23-,24+,25-,26?,30+/m1/s1. The van der Waals surface area contributed by atoms with Gasteiger partial charge in [-0.05, 0) is 47.6 Å². The molecular weight excluding hydrogens is 556 g/mol. The molecule has 0 bridgehead atoms. The topological polar surface area (TPSA) is 88.7 Å². The largest absolute Gasteiger partial charge is 0.379 e. The van der Waals surface area contributed by atoms with Gasteiger partial charge >= 0.3 is 0 Å². The number of alkyl halides is 1. The summed E-state index contributed by atoms with van der Waals surface area (Å²) < 4.78 is 24.0. The van der Waals surface area contributed by atoms with Gasteiger partial charge in [0.05, 0.1) is 18.2 Å².